The third-order valence-corrected chi connectivity index (χ3v) is 3.99. The summed E-state index contributed by atoms with van der Waals surface area (Å²) in [5.74, 6) is 0.767. The van der Waals surface area contributed by atoms with Crippen molar-refractivity contribution in [1.29, 1.82) is 0 Å². The highest BCUT2D eigenvalue weighted by Crippen LogP contribution is 2.23. The van der Waals surface area contributed by atoms with Gasteiger partial charge in [-0.25, -0.2) is 0 Å². The number of halogens is 1. The van der Waals surface area contributed by atoms with Gasteiger partial charge in [0.1, 0.15) is 0 Å². The maximum Gasteiger partial charge on any atom is 0.0410 e. The molecular formula is C16H25ClN2. The molecule has 1 heterocycles. The van der Waals surface area contributed by atoms with Gasteiger partial charge in [0.15, 0.2) is 0 Å². The highest BCUT2D eigenvalue weighted by Gasteiger charge is 2.19. The Balaban J connectivity index is 1.85. The summed E-state index contributed by atoms with van der Waals surface area (Å²) >= 11 is 5.99. The van der Waals surface area contributed by atoms with E-state index in [1.807, 2.05) is 12.1 Å². The molecule has 2 nitrogen and oxygen atoms in total. The van der Waals surface area contributed by atoms with Crippen LogP contribution in [0.3, 0.4) is 0 Å². The van der Waals surface area contributed by atoms with Crippen molar-refractivity contribution >= 4 is 17.3 Å². The van der Waals surface area contributed by atoms with E-state index in [1.165, 1.54) is 43.7 Å². The number of nitrogens with one attached hydrogen (secondary N) is 1. The Hall–Kier alpha value is -0.730. The molecule has 1 aliphatic heterocycles. The lowest BCUT2D eigenvalue weighted by Crippen LogP contribution is -2.40. The number of likely N-dealkylation sites (tertiary alicyclic amines) is 1. The molecule has 0 amide bonds. The molecule has 1 fully saturated rings. The average molecular weight is 281 g/mol. The lowest BCUT2D eigenvalue weighted by Gasteiger charge is -2.34. The fourth-order valence-corrected chi connectivity index (χ4v) is 3.01. The van der Waals surface area contributed by atoms with Crippen molar-refractivity contribution in [2.45, 2.75) is 39.7 Å². The summed E-state index contributed by atoms with van der Waals surface area (Å²) in [6.07, 6.45) is 2.46. The van der Waals surface area contributed by atoms with E-state index in [-0.39, 0.29) is 0 Å². The van der Waals surface area contributed by atoms with Crippen LogP contribution in [-0.4, -0.2) is 30.6 Å². The van der Waals surface area contributed by atoms with Crippen molar-refractivity contribution < 1.29 is 0 Å². The zero-order valence-corrected chi connectivity index (χ0v) is 13.0. The van der Waals surface area contributed by atoms with Gasteiger partial charge in [-0.1, -0.05) is 25.4 Å². The third kappa shape index (κ3) is 4.39. The maximum atomic E-state index is 5.99. The van der Waals surface area contributed by atoms with Gasteiger partial charge in [0.25, 0.3) is 0 Å². The third-order valence-electron chi connectivity index (χ3n) is 3.76. The van der Waals surface area contributed by atoms with E-state index in [2.05, 4.69) is 37.1 Å². The van der Waals surface area contributed by atoms with Gasteiger partial charge in [-0.3, -0.25) is 0 Å². The second-order valence-corrected chi connectivity index (χ2v) is 6.51. The van der Waals surface area contributed by atoms with Crippen molar-refractivity contribution in [1.82, 2.24) is 4.90 Å². The molecule has 2 rings (SSSR count). The predicted molar refractivity (Wildman–Crippen MR) is 84.1 cm³/mol. The van der Waals surface area contributed by atoms with Crippen LogP contribution in [0.2, 0.25) is 5.02 Å². The molecule has 0 radical (unpaired) electrons. The molecule has 0 bridgehead atoms. The molecule has 3 heteroatoms. The van der Waals surface area contributed by atoms with Gasteiger partial charge in [0, 0.05) is 36.4 Å². The molecule has 19 heavy (non-hydrogen) atoms. The molecule has 0 aliphatic carbocycles. The number of rotatable bonds is 4. The van der Waals surface area contributed by atoms with Crippen molar-refractivity contribution in [2.75, 3.05) is 25.0 Å². The lowest BCUT2D eigenvalue weighted by molar-refractivity contribution is 0.198. The normalized spacial score (nSPS) is 17.9. The molecule has 1 saturated heterocycles. The number of hydrogen-bond acceptors (Lipinski definition) is 2. The standard InChI is InChI=1S/C16H25ClN2/c1-12(2)11-19-8-6-15(7-9-19)18-16-5-4-14(17)10-13(16)3/h4-5,10,12,15,18H,6-9,11H2,1-3H3. The van der Waals surface area contributed by atoms with Gasteiger partial charge in [0.2, 0.25) is 0 Å². The van der Waals surface area contributed by atoms with Crippen LogP contribution in [0.4, 0.5) is 5.69 Å². The van der Waals surface area contributed by atoms with Crippen molar-refractivity contribution in [3.05, 3.63) is 28.8 Å². The van der Waals surface area contributed by atoms with Gasteiger partial charge >= 0.3 is 0 Å². The van der Waals surface area contributed by atoms with Crippen LogP contribution in [0.15, 0.2) is 18.2 Å². The van der Waals surface area contributed by atoms with Gasteiger partial charge < -0.3 is 10.2 Å². The fourth-order valence-electron chi connectivity index (χ4n) is 2.79. The van der Waals surface area contributed by atoms with E-state index in [1.54, 1.807) is 0 Å². The molecule has 0 saturated carbocycles. The Morgan fingerprint density at radius 3 is 2.58 bits per heavy atom. The Morgan fingerprint density at radius 2 is 2.00 bits per heavy atom. The van der Waals surface area contributed by atoms with Crippen LogP contribution in [0.1, 0.15) is 32.3 Å². The molecule has 0 aromatic heterocycles. The van der Waals surface area contributed by atoms with Crippen LogP contribution >= 0.6 is 11.6 Å². The summed E-state index contributed by atoms with van der Waals surface area (Å²) in [4.78, 5) is 2.58. The molecule has 0 atom stereocenters. The first kappa shape index (κ1) is 14.7. The Bertz CT molecular complexity index is 409. The summed E-state index contributed by atoms with van der Waals surface area (Å²) in [7, 11) is 0. The van der Waals surface area contributed by atoms with Gasteiger partial charge in [-0.05, 0) is 49.4 Å². The minimum Gasteiger partial charge on any atom is -0.382 e. The SMILES string of the molecule is Cc1cc(Cl)ccc1NC1CCN(CC(C)C)CC1. The first-order valence-electron chi connectivity index (χ1n) is 7.29. The zero-order chi connectivity index (χ0) is 13.8. The molecular weight excluding hydrogens is 256 g/mol. The summed E-state index contributed by atoms with van der Waals surface area (Å²) in [5, 5.41) is 4.48. The smallest absolute Gasteiger partial charge is 0.0410 e. The van der Waals surface area contributed by atoms with E-state index >= 15 is 0 Å². The van der Waals surface area contributed by atoms with E-state index in [9.17, 15) is 0 Å². The fraction of sp³-hybridized carbons (Fsp3) is 0.625. The zero-order valence-electron chi connectivity index (χ0n) is 12.2. The lowest BCUT2D eigenvalue weighted by atomic mass is 10.0. The summed E-state index contributed by atoms with van der Waals surface area (Å²) in [6, 6.07) is 6.68. The summed E-state index contributed by atoms with van der Waals surface area (Å²) in [5.41, 5.74) is 2.46. The van der Waals surface area contributed by atoms with Crippen molar-refractivity contribution in [3.8, 4) is 0 Å². The van der Waals surface area contributed by atoms with E-state index in [0.29, 0.717) is 6.04 Å². The minimum atomic E-state index is 0.600. The molecule has 0 spiro atoms. The van der Waals surface area contributed by atoms with Crippen LogP contribution in [0.25, 0.3) is 0 Å². The van der Waals surface area contributed by atoms with E-state index in [4.69, 9.17) is 11.6 Å². The molecule has 1 N–H and O–H groups in total. The topological polar surface area (TPSA) is 15.3 Å². The van der Waals surface area contributed by atoms with E-state index in [0.717, 1.165) is 10.9 Å². The second-order valence-electron chi connectivity index (χ2n) is 6.07. The van der Waals surface area contributed by atoms with Crippen LogP contribution in [-0.2, 0) is 0 Å². The molecule has 1 aromatic rings. The largest absolute Gasteiger partial charge is 0.382 e. The second kappa shape index (κ2) is 6.62. The summed E-state index contributed by atoms with van der Waals surface area (Å²) < 4.78 is 0. The molecule has 106 valence electrons. The molecule has 0 unspecified atom stereocenters. The minimum absolute atomic E-state index is 0.600. The van der Waals surface area contributed by atoms with Gasteiger partial charge in [-0.2, -0.15) is 0 Å². The number of benzene rings is 1. The number of aryl methyl sites for hydroxylation is 1. The molecule has 1 aromatic carbocycles. The van der Waals surface area contributed by atoms with Crippen LogP contribution in [0, 0.1) is 12.8 Å². The number of piperidine rings is 1. The number of anilines is 1. The Labute approximate surface area is 122 Å². The number of hydrogen-bond donors (Lipinski definition) is 1. The van der Waals surface area contributed by atoms with E-state index < -0.39 is 0 Å². The highest BCUT2D eigenvalue weighted by molar-refractivity contribution is 6.30. The maximum absolute atomic E-state index is 5.99. The quantitative estimate of drug-likeness (QED) is 0.890. The highest BCUT2D eigenvalue weighted by atomic mass is 35.5. The summed E-state index contributed by atoms with van der Waals surface area (Å²) in [6.45, 7) is 10.3. The first-order chi connectivity index (χ1) is 9.04. The molecule has 1 aliphatic rings. The van der Waals surface area contributed by atoms with Crippen molar-refractivity contribution in [2.24, 2.45) is 5.92 Å². The first-order valence-corrected chi connectivity index (χ1v) is 7.67. The number of nitrogens with zero attached hydrogens (tertiary/aromatic N) is 1. The monoisotopic (exact) mass is 280 g/mol. The Kier molecular flexibility index (Phi) is 5.12. The Morgan fingerprint density at radius 1 is 1.32 bits per heavy atom. The van der Waals surface area contributed by atoms with Crippen LogP contribution in [0.5, 0.6) is 0 Å². The average Bonchev–Trinajstić information content (AvgIpc) is 2.34. The van der Waals surface area contributed by atoms with Gasteiger partial charge in [0.05, 0.1) is 0 Å². The van der Waals surface area contributed by atoms with Gasteiger partial charge in [-0.15, -0.1) is 0 Å². The predicted octanol–water partition coefficient (Wildman–Crippen LogP) is 4.18. The van der Waals surface area contributed by atoms with Crippen molar-refractivity contribution in [3.63, 3.8) is 0 Å². The van der Waals surface area contributed by atoms with Crippen LogP contribution < -0.4 is 5.32 Å².